The van der Waals surface area contributed by atoms with E-state index in [1.165, 1.54) is 12.2 Å². The van der Waals surface area contributed by atoms with Crippen LogP contribution in [0.2, 0.25) is 0 Å². The van der Waals surface area contributed by atoms with Gasteiger partial charge in [-0.05, 0) is 62.0 Å². The highest BCUT2D eigenvalue weighted by atomic mass is 19.1. The van der Waals surface area contributed by atoms with E-state index in [0.29, 0.717) is 24.8 Å². The minimum atomic E-state index is -2.02. The molecule has 0 spiro atoms. The maximum atomic E-state index is 17.2. The van der Waals surface area contributed by atoms with E-state index in [4.69, 9.17) is 4.74 Å². The maximum Gasteiger partial charge on any atom is 0.306 e. The number of esters is 1. The van der Waals surface area contributed by atoms with E-state index in [0.717, 1.165) is 0 Å². The number of ketones is 2. The molecule has 0 bridgehead atoms. The van der Waals surface area contributed by atoms with E-state index in [1.807, 2.05) is 20.8 Å². The number of hydrogen-bond donors (Lipinski definition) is 2. The molecule has 3 fully saturated rings. The van der Waals surface area contributed by atoms with Crippen molar-refractivity contribution in [1.29, 1.82) is 0 Å². The van der Waals surface area contributed by atoms with Crippen LogP contribution in [-0.4, -0.2) is 51.7 Å². The van der Waals surface area contributed by atoms with Crippen molar-refractivity contribution in [3.63, 3.8) is 0 Å². The molecule has 0 aromatic heterocycles. The fourth-order valence-corrected chi connectivity index (χ4v) is 7.88. The topological polar surface area (TPSA) is 101 Å². The van der Waals surface area contributed by atoms with Crippen molar-refractivity contribution in [2.75, 3.05) is 6.61 Å². The lowest BCUT2D eigenvalue weighted by Gasteiger charge is -2.62. The Morgan fingerprint density at radius 3 is 2.51 bits per heavy atom. The Morgan fingerprint density at radius 1 is 1.23 bits per heavy atom. The first-order valence-electron chi connectivity index (χ1n) is 12.7. The summed E-state index contributed by atoms with van der Waals surface area (Å²) in [6, 6.07) is 0. The average Bonchev–Trinajstić information content (AvgIpc) is 2.94. The SMILES string of the molecule is C[C@H]1C[C@H]2[C@@H]3CCC4=CC(=O)C=C[C@]4(C)[C@@]3(F)[C@@H](O)C[C@]2(C)[C@@]1(O)C(=O)COC(=O)CC(C)(C)C. The fraction of sp³-hybridized carbons (Fsp3) is 0.750. The van der Waals surface area contributed by atoms with E-state index in [2.05, 4.69) is 0 Å². The standard InChI is InChI=1S/C28H39FO6/c1-16-11-20-19-8-7-17-12-18(30)9-10-25(17,5)27(19,29)21(31)13-26(20,6)28(16,34)22(32)15-35-23(33)14-24(2,3)4/h9-10,12,16,19-21,31,34H,7-8,11,13-15H2,1-6H3/t16-,19-,20-,21-,25-,26-,27-,28-/m0/s1. The average molecular weight is 491 g/mol. The summed E-state index contributed by atoms with van der Waals surface area (Å²) < 4.78 is 22.4. The maximum absolute atomic E-state index is 17.2. The van der Waals surface area contributed by atoms with Crippen LogP contribution in [0.1, 0.15) is 73.6 Å². The lowest BCUT2D eigenvalue weighted by atomic mass is 9.44. The Morgan fingerprint density at radius 2 is 1.89 bits per heavy atom. The highest BCUT2D eigenvalue weighted by Crippen LogP contribution is 2.70. The van der Waals surface area contributed by atoms with Gasteiger partial charge in [-0.15, -0.1) is 0 Å². The summed E-state index contributed by atoms with van der Waals surface area (Å²) in [5, 5.41) is 23.3. The smallest absolute Gasteiger partial charge is 0.306 e. The van der Waals surface area contributed by atoms with Gasteiger partial charge < -0.3 is 14.9 Å². The Bertz CT molecular complexity index is 1010. The van der Waals surface area contributed by atoms with E-state index in [-0.39, 0.29) is 30.0 Å². The zero-order valence-electron chi connectivity index (χ0n) is 21.7. The quantitative estimate of drug-likeness (QED) is 0.580. The van der Waals surface area contributed by atoms with Crippen LogP contribution in [0.25, 0.3) is 0 Å². The number of alkyl halides is 1. The second-order valence-electron chi connectivity index (χ2n) is 13.0. The monoisotopic (exact) mass is 490 g/mol. The molecular formula is C28H39FO6. The summed E-state index contributed by atoms with van der Waals surface area (Å²) >= 11 is 0. The molecule has 4 aliphatic carbocycles. The van der Waals surface area contributed by atoms with E-state index in [9.17, 15) is 24.6 Å². The lowest BCUT2D eigenvalue weighted by Crippen LogP contribution is -2.69. The number of rotatable bonds is 4. The van der Waals surface area contributed by atoms with Crippen molar-refractivity contribution in [2.45, 2.75) is 91.0 Å². The van der Waals surface area contributed by atoms with Gasteiger partial charge in [-0.25, -0.2) is 4.39 Å². The van der Waals surface area contributed by atoms with Crippen LogP contribution >= 0.6 is 0 Å². The van der Waals surface area contributed by atoms with Crippen molar-refractivity contribution >= 4 is 17.5 Å². The van der Waals surface area contributed by atoms with Gasteiger partial charge in [0.15, 0.2) is 18.1 Å². The molecule has 4 aliphatic rings. The molecule has 0 saturated heterocycles. The molecular weight excluding hydrogens is 451 g/mol. The molecule has 6 nitrogen and oxygen atoms in total. The molecule has 0 heterocycles. The minimum absolute atomic E-state index is 0.0994. The fourth-order valence-electron chi connectivity index (χ4n) is 7.88. The zero-order valence-corrected chi connectivity index (χ0v) is 21.7. The van der Waals surface area contributed by atoms with Gasteiger partial charge in [-0.1, -0.05) is 46.3 Å². The van der Waals surface area contributed by atoms with Crippen LogP contribution in [-0.2, 0) is 19.1 Å². The number of aliphatic hydroxyl groups excluding tert-OH is 1. The lowest BCUT2D eigenvalue weighted by molar-refractivity contribution is -0.220. The summed E-state index contributed by atoms with van der Waals surface area (Å²) in [5.41, 5.74) is -5.68. The predicted molar refractivity (Wildman–Crippen MR) is 128 cm³/mol. The Kier molecular flexibility index (Phi) is 6.04. The molecule has 2 N–H and O–H groups in total. The number of hydrogen-bond acceptors (Lipinski definition) is 6. The molecule has 8 atom stereocenters. The van der Waals surface area contributed by atoms with Gasteiger partial charge in [0, 0.05) is 16.7 Å². The molecule has 0 aliphatic heterocycles. The van der Waals surface area contributed by atoms with Gasteiger partial charge in [0.05, 0.1) is 12.5 Å². The Labute approximate surface area is 207 Å². The number of halogens is 1. The molecule has 194 valence electrons. The van der Waals surface area contributed by atoms with Crippen molar-refractivity contribution in [3.05, 3.63) is 23.8 Å². The largest absolute Gasteiger partial charge is 0.458 e. The molecule has 3 saturated carbocycles. The van der Waals surface area contributed by atoms with Gasteiger partial charge in [0.1, 0.15) is 5.60 Å². The molecule has 0 unspecified atom stereocenters. The first-order chi connectivity index (χ1) is 16.0. The number of carbonyl (C=O) groups is 3. The third kappa shape index (κ3) is 3.59. The number of aliphatic hydroxyl groups is 2. The molecule has 0 aromatic rings. The third-order valence-corrected chi connectivity index (χ3v) is 9.69. The van der Waals surface area contributed by atoms with Gasteiger partial charge >= 0.3 is 5.97 Å². The van der Waals surface area contributed by atoms with Crippen molar-refractivity contribution in [3.8, 4) is 0 Å². The van der Waals surface area contributed by atoms with Crippen molar-refractivity contribution < 1.29 is 33.7 Å². The third-order valence-electron chi connectivity index (χ3n) is 9.69. The van der Waals surface area contributed by atoms with Crippen molar-refractivity contribution in [2.24, 2.45) is 34.0 Å². The highest BCUT2D eigenvalue weighted by Gasteiger charge is 2.75. The number of ether oxygens (including phenoxy) is 1. The summed E-state index contributed by atoms with van der Waals surface area (Å²) in [7, 11) is 0. The number of fused-ring (bicyclic) bond motifs is 5. The van der Waals surface area contributed by atoms with Gasteiger partial charge in [-0.2, -0.15) is 0 Å². The van der Waals surface area contributed by atoms with Crippen LogP contribution in [0.5, 0.6) is 0 Å². The Hall–Kier alpha value is -1.86. The van der Waals surface area contributed by atoms with Gasteiger partial charge in [0.2, 0.25) is 5.78 Å². The summed E-state index contributed by atoms with van der Waals surface area (Å²) in [5.74, 6) is -2.72. The molecule has 0 radical (unpaired) electrons. The molecule has 0 aromatic carbocycles. The van der Waals surface area contributed by atoms with Crippen LogP contribution in [0, 0.1) is 34.0 Å². The highest BCUT2D eigenvalue weighted by molar-refractivity contribution is 6.01. The first-order valence-corrected chi connectivity index (χ1v) is 12.7. The minimum Gasteiger partial charge on any atom is -0.458 e. The Balaban J connectivity index is 1.64. The molecule has 35 heavy (non-hydrogen) atoms. The van der Waals surface area contributed by atoms with E-state index >= 15 is 4.39 Å². The van der Waals surface area contributed by atoms with E-state index in [1.54, 1.807) is 26.8 Å². The van der Waals surface area contributed by atoms with Crippen molar-refractivity contribution in [1.82, 2.24) is 0 Å². The van der Waals surface area contributed by atoms with Crippen LogP contribution in [0.3, 0.4) is 0 Å². The van der Waals surface area contributed by atoms with Crippen LogP contribution in [0.4, 0.5) is 4.39 Å². The summed E-state index contributed by atoms with van der Waals surface area (Å²) in [6.45, 7) is 10.4. The number of allylic oxidation sites excluding steroid dienone is 4. The molecule has 0 amide bonds. The summed E-state index contributed by atoms with van der Waals surface area (Å²) in [6.07, 6.45) is 4.43. The van der Waals surface area contributed by atoms with Crippen LogP contribution in [0.15, 0.2) is 23.8 Å². The second kappa shape index (κ2) is 8.07. The predicted octanol–water partition coefficient (Wildman–Crippen LogP) is 3.88. The molecule has 7 heteroatoms. The first kappa shape index (κ1) is 26.2. The summed E-state index contributed by atoms with van der Waals surface area (Å²) in [4.78, 5) is 37.6. The molecule has 4 rings (SSSR count). The second-order valence-corrected chi connectivity index (χ2v) is 13.0. The van der Waals surface area contributed by atoms with Gasteiger partial charge in [0.25, 0.3) is 0 Å². The normalized spacial score (nSPS) is 44.7. The zero-order chi connectivity index (χ0) is 26.2. The number of carbonyl (C=O) groups excluding carboxylic acids is 3. The van der Waals surface area contributed by atoms with Gasteiger partial charge in [-0.3, -0.25) is 14.4 Å². The number of Topliss-reactive ketones (excluding diaryl/α,β-unsaturated/α-hetero) is 1. The van der Waals surface area contributed by atoms with E-state index < -0.39 is 58.4 Å². The van der Waals surface area contributed by atoms with Crippen LogP contribution < -0.4 is 0 Å².